The molecule has 0 bridgehead atoms. The highest BCUT2D eigenvalue weighted by molar-refractivity contribution is 6.44. The minimum absolute atomic E-state index is 0.0220. The number of furan rings is 1. The predicted molar refractivity (Wildman–Crippen MR) is 219 cm³/mol. The lowest BCUT2D eigenvalue weighted by atomic mass is 9.81. The van der Waals surface area contributed by atoms with Crippen LogP contribution in [0.25, 0.3) is 65.4 Å². The van der Waals surface area contributed by atoms with Gasteiger partial charge in [0.15, 0.2) is 5.84 Å². The molecule has 1 aliphatic heterocycles. The van der Waals surface area contributed by atoms with E-state index >= 15 is 0 Å². The molecule has 248 valence electrons. The number of halogens is 1. The minimum Gasteiger partial charge on any atom is -0.455 e. The number of rotatable bonds is 5. The first-order valence-corrected chi connectivity index (χ1v) is 18.3. The molecule has 3 nitrogen and oxygen atoms in total. The zero-order valence-electron chi connectivity index (χ0n) is 28.6. The average molecular weight is 689 g/mol. The summed E-state index contributed by atoms with van der Waals surface area (Å²) in [4.78, 5) is 11.0. The van der Waals surface area contributed by atoms with E-state index in [4.69, 9.17) is 26.0 Å². The summed E-state index contributed by atoms with van der Waals surface area (Å²) in [5.41, 5.74) is 8.01. The van der Waals surface area contributed by atoms with Gasteiger partial charge < -0.3 is 4.42 Å². The summed E-state index contributed by atoms with van der Waals surface area (Å²) in [7, 11) is 0. The van der Waals surface area contributed by atoms with E-state index in [1.54, 1.807) is 0 Å². The lowest BCUT2D eigenvalue weighted by Crippen LogP contribution is -2.28. The maximum Gasteiger partial charge on any atom is 0.155 e. The van der Waals surface area contributed by atoms with Crippen LogP contribution >= 0.6 is 11.6 Å². The third-order valence-corrected chi connectivity index (χ3v) is 11.1. The van der Waals surface area contributed by atoms with Gasteiger partial charge >= 0.3 is 0 Å². The lowest BCUT2D eigenvalue weighted by Gasteiger charge is -2.30. The van der Waals surface area contributed by atoms with E-state index in [1.165, 1.54) is 32.7 Å². The molecule has 0 aliphatic carbocycles. The van der Waals surface area contributed by atoms with Crippen molar-refractivity contribution in [1.82, 2.24) is 0 Å². The first kappa shape index (κ1) is 30.8. The molecule has 2 atom stereocenters. The molecule has 0 saturated heterocycles. The van der Waals surface area contributed by atoms with Crippen LogP contribution in [0, 0.1) is 5.92 Å². The molecule has 0 amide bonds. The average Bonchev–Trinajstić information content (AvgIpc) is 3.60. The molecule has 0 spiro atoms. The topological polar surface area (TPSA) is 37.9 Å². The summed E-state index contributed by atoms with van der Waals surface area (Å²) in [5, 5.41) is 9.59. The Labute approximate surface area is 306 Å². The molecule has 8 aromatic carbocycles. The van der Waals surface area contributed by atoms with Crippen molar-refractivity contribution in [1.29, 1.82) is 0 Å². The Morgan fingerprint density at radius 2 is 1.21 bits per heavy atom. The van der Waals surface area contributed by atoms with E-state index in [0.717, 1.165) is 61.5 Å². The van der Waals surface area contributed by atoms with Crippen LogP contribution < -0.4 is 0 Å². The number of para-hydroxylation sites is 1. The Balaban J connectivity index is 1.22. The van der Waals surface area contributed by atoms with Crippen molar-refractivity contribution in [2.24, 2.45) is 15.9 Å². The normalized spacial score (nSPS) is 16.2. The molecule has 1 aromatic heterocycles. The van der Waals surface area contributed by atoms with E-state index in [1.807, 2.05) is 24.3 Å². The molecular formula is C48H33ClN2O. The van der Waals surface area contributed by atoms with Crippen LogP contribution in [-0.2, 0) is 0 Å². The number of amidine groups is 1. The first-order valence-electron chi connectivity index (χ1n) is 17.9. The van der Waals surface area contributed by atoms with E-state index in [-0.39, 0.29) is 12.0 Å². The van der Waals surface area contributed by atoms with Crippen LogP contribution in [0.3, 0.4) is 0 Å². The summed E-state index contributed by atoms with van der Waals surface area (Å²) in [6, 6.07) is 55.3. The molecule has 0 saturated carbocycles. The van der Waals surface area contributed by atoms with Gasteiger partial charge in [0.1, 0.15) is 11.2 Å². The van der Waals surface area contributed by atoms with E-state index in [0.29, 0.717) is 10.9 Å². The van der Waals surface area contributed by atoms with E-state index in [9.17, 15) is 0 Å². The van der Waals surface area contributed by atoms with Gasteiger partial charge in [-0.2, -0.15) is 0 Å². The molecule has 52 heavy (non-hydrogen) atoms. The Morgan fingerprint density at radius 1 is 0.577 bits per heavy atom. The molecule has 0 N–H and O–H groups in total. The third kappa shape index (κ3) is 4.88. The summed E-state index contributed by atoms with van der Waals surface area (Å²) in [6.07, 6.45) is 0.835. The Bertz CT molecular complexity index is 2900. The van der Waals surface area contributed by atoms with Crippen molar-refractivity contribution >= 4 is 77.4 Å². The fourth-order valence-electron chi connectivity index (χ4n) is 8.20. The first-order chi connectivity index (χ1) is 25.7. The molecular weight excluding hydrogens is 656 g/mol. The van der Waals surface area contributed by atoms with Gasteiger partial charge in [0, 0.05) is 33.2 Å². The van der Waals surface area contributed by atoms with Crippen LogP contribution in [0.4, 0.5) is 0 Å². The Hall–Kier alpha value is -6.03. The second-order valence-electron chi connectivity index (χ2n) is 13.7. The molecule has 10 rings (SSSR count). The highest BCUT2D eigenvalue weighted by Crippen LogP contribution is 2.46. The number of fused-ring (bicyclic) bond motifs is 7. The van der Waals surface area contributed by atoms with Gasteiger partial charge in [0.05, 0.1) is 16.8 Å². The molecule has 2 unspecified atom stereocenters. The maximum atomic E-state index is 7.26. The quantitative estimate of drug-likeness (QED) is 0.166. The molecule has 0 fully saturated rings. The number of hydrogen-bond donors (Lipinski definition) is 0. The van der Waals surface area contributed by atoms with Crippen LogP contribution in [0.15, 0.2) is 172 Å². The third-order valence-electron chi connectivity index (χ3n) is 10.8. The van der Waals surface area contributed by atoms with Crippen molar-refractivity contribution in [3.63, 3.8) is 0 Å². The fraction of sp³-hybridized carbons (Fsp3) is 0.0833. The molecule has 1 aliphatic rings. The number of nitrogens with zero attached hydrogens (tertiary/aromatic N) is 2. The smallest absolute Gasteiger partial charge is 0.155 e. The summed E-state index contributed by atoms with van der Waals surface area (Å²) in [5.74, 6) is 0.692. The molecule has 9 aromatic rings. The van der Waals surface area contributed by atoms with Crippen molar-refractivity contribution in [2.45, 2.75) is 19.4 Å². The maximum absolute atomic E-state index is 7.26. The standard InChI is InChI=1S/C48H33ClN2O/c1-2-35-45(34-26-27-37-33(28-34)25-22-31-14-6-7-15-36(31)37)50-48(32-23-20-30(21-24-32)29-12-4-3-5-13-29)51-46(35)43-38-16-8-9-17-39(38)44(49)42-40-18-10-11-19-41(40)52-47(42)43/h3-28,35,45H,2H2,1H3. The monoisotopic (exact) mass is 688 g/mol. The van der Waals surface area contributed by atoms with Crippen LogP contribution in [0.1, 0.15) is 36.1 Å². The van der Waals surface area contributed by atoms with Gasteiger partial charge in [0.2, 0.25) is 0 Å². The van der Waals surface area contributed by atoms with Crippen LogP contribution in [0.2, 0.25) is 5.02 Å². The second kappa shape index (κ2) is 12.3. The highest BCUT2D eigenvalue weighted by atomic mass is 35.5. The SMILES string of the molecule is CCC1C(c2c3ccccc3c(Cl)c3c2oc2ccccc23)=NC(c2ccc(-c3ccccc3)cc2)=NC1c1ccc2c(ccc3ccccc32)c1. The molecule has 4 heteroatoms. The summed E-state index contributed by atoms with van der Waals surface area (Å²) < 4.78 is 6.76. The Kier molecular flexibility index (Phi) is 7.30. The van der Waals surface area contributed by atoms with Crippen molar-refractivity contribution in [3.8, 4) is 11.1 Å². The van der Waals surface area contributed by atoms with Gasteiger partial charge in [-0.25, -0.2) is 4.99 Å². The van der Waals surface area contributed by atoms with Crippen LogP contribution in [-0.4, -0.2) is 11.5 Å². The number of benzene rings is 8. The highest BCUT2D eigenvalue weighted by Gasteiger charge is 2.35. The van der Waals surface area contributed by atoms with Gasteiger partial charge in [-0.05, 0) is 62.2 Å². The van der Waals surface area contributed by atoms with Crippen molar-refractivity contribution in [2.75, 3.05) is 0 Å². The van der Waals surface area contributed by atoms with Crippen LogP contribution in [0.5, 0.6) is 0 Å². The van der Waals surface area contributed by atoms with E-state index < -0.39 is 0 Å². The van der Waals surface area contributed by atoms with Crippen molar-refractivity contribution < 1.29 is 4.42 Å². The lowest BCUT2D eigenvalue weighted by molar-refractivity contribution is 0.533. The summed E-state index contributed by atoms with van der Waals surface area (Å²) in [6.45, 7) is 2.24. The van der Waals surface area contributed by atoms with Gasteiger partial charge in [-0.1, -0.05) is 164 Å². The second-order valence-corrected chi connectivity index (χ2v) is 14.0. The molecule has 0 radical (unpaired) electrons. The van der Waals surface area contributed by atoms with Gasteiger partial charge in [0.25, 0.3) is 0 Å². The zero-order chi connectivity index (χ0) is 34.8. The Morgan fingerprint density at radius 3 is 2.02 bits per heavy atom. The minimum atomic E-state index is -0.175. The predicted octanol–water partition coefficient (Wildman–Crippen LogP) is 13.4. The van der Waals surface area contributed by atoms with Gasteiger partial charge in [-0.3, -0.25) is 4.99 Å². The summed E-state index contributed by atoms with van der Waals surface area (Å²) >= 11 is 7.26. The zero-order valence-corrected chi connectivity index (χ0v) is 29.3. The van der Waals surface area contributed by atoms with Crippen molar-refractivity contribution in [3.05, 3.63) is 179 Å². The van der Waals surface area contributed by atoms with E-state index in [2.05, 4.69) is 140 Å². The van der Waals surface area contributed by atoms with Gasteiger partial charge in [-0.15, -0.1) is 0 Å². The fourth-order valence-corrected chi connectivity index (χ4v) is 8.55. The molecule has 2 heterocycles. The number of aliphatic imine (C=N–C) groups is 2. The largest absolute Gasteiger partial charge is 0.455 e. The number of hydrogen-bond acceptors (Lipinski definition) is 3.